The fraction of sp³-hybridized carbons (Fsp3) is 0.333. The second-order valence-corrected chi connectivity index (χ2v) is 2.85. The molecule has 0 aliphatic carbocycles. The summed E-state index contributed by atoms with van der Waals surface area (Å²) in [4.78, 5) is 2.29. The van der Waals surface area contributed by atoms with Crippen molar-refractivity contribution in [3.8, 4) is 0 Å². The summed E-state index contributed by atoms with van der Waals surface area (Å²) in [6.07, 6.45) is 0. The molecule has 0 fully saturated rings. The highest BCUT2D eigenvalue weighted by Gasteiger charge is 2.13. The van der Waals surface area contributed by atoms with E-state index in [2.05, 4.69) is 30.1 Å². The lowest BCUT2D eigenvalue weighted by Crippen LogP contribution is -2.07. The Labute approximate surface area is 61.3 Å². The molecule has 0 amide bonds. The van der Waals surface area contributed by atoms with E-state index in [0.717, 1.165) is 13.1 Å². The molecule has 0 unspecified atom stereocenters. The van der Waals surface area contributed by atoms with Crippen molar-refractivity contribution in [1.82, 2.24) is 4.90 Å². The van der Waals surface area contributed by atoms with Crippen LogP contribution in [0.5, 0.6) is 0 Å². The van der Waals surface area contributed by atoms with Crippen LogP contribution in [0.1, 0.15) is 11.1 Å². The van der Waals surface area contributed by atoms with Crippen LogP contribution in [0.4, 0.5) is 0 Å². The van der Waals surface area contributed by atoms with E-state index in [1.165, 1.54) is 11.1 Å². The van der Waals surface area contributed by atoms with E-state index >= 15 is 0 Å². The van der Waals surface area contributed by atoms with Crippen LogP contribution < -0.4 is 0 Å². The van der Waals surface area contributed by atoms with E-state index in [4.69, 9.17) is 0 Å². The molecule has 1 heteroatoms. The monoisotopic (exact) mass is 132 g/mol. The molecule has 0 saturated carbocycles. The maximum atomic E-state index is 3.24. The van der Waals surface area contributed by atoms with Crippen LogP contribution in [0.2, 0.25) is 0 Å². The lowest BCUT2D eigenvalue weighted by atomic mass is 10.1. The third kappa shape index (κ3) is 0.830. The van der Waals surface area contributed by atoms with Crippen molar-refractivity contribution >= 4 is 0 Å². The SMILES string of the molecule is CN1Cc2[c]cccc2C1. The summed E-state index contributed by atoms with van der Waals surface area (Å²) in [6, 6.07) is 9.45. The average molecular weight is 132 g/mol. The van der Waals surface area contributed by atoms with Crippen LogP contribution in [0.3, 0.4) is 0 Å². The summed E-state index contributed by atoms with van der Waals surface area (Å²) in [5, 5.41) is 0. The maximum Gasteiger partial charge on any atom is 0.0243 e. The molecule has 1 heterocycles. The van der Waals surface area contributed by atoms with Crippen molar-refractivity contribution in [2.24, 2.45) is 0 Å². The van der Waals surface area contributed by atoms with Crippen molar-refractivity contribution < 1.29 is 0 Å². The van der Waals surface area contributed by atoms with Crippen molar-refractivity contribution in [3.63, 3.8) is 0 Å². The maximum absolute atomic E-state index is 3.24. The highest BCUT2D eigenvalue weighted by Crippen LogP contribution is 2.19. The summed E-state index contributed by atoms with van der Waals surface area (Å²) in [5.41, 5.74) is 2.80. The Hall–Kier alpha value is -0.820. The molecule has 1 aromatic rings. The first-order valence-corrected chi connectivity index (χ1v) is 3.53. The van der Waals surface area contributed by atoms with E-state index in [-0.39, 0.29) is 0 Å². The van der Waals surface area contributed by atoms with Gasteiger partial charge in [0.15, 0.2) is 0 Å². The van der Waals surface area contributed by atoms with E-state index in [1.807, 2.05) is 6.07 Å². The standard InChI is InChI=1S/C9H10N/c1-10-6-8-4-2-3-5-9(8)7-10/h2-4H,6-7H2,1H3. The number of rotatable bonds is 0. The first kappa shape index (κ1) is 5.93. The predicted molar refractivity (Wildman–Crippen MR) is 40.4 cm³/mol. The van der Waals surface area contributed by atoms with E-state index in [0.29, 0.717) is 0 Å². The largest absolute Gasteiger partial charge is 0.298 e. The van der Waals surface area contributed by atoms with Gasteiger partial charge in [0.2, 0.25) is 0 Å². The minimum atomic E-state index is 1.07. The lowest BCUT2D eigenvalue weighted by molar-refractivity contribution is 0.353. The molecule has 0 saturated heterocycles. The molecule has 1 radical (unpaired) electrons. The molecule has 2 rings (SSSR count). The molecule has 0 N–H and O–H groups in total. The molecule has 1 aliphatic heterocycles. The normalized spacial score (nSPS) is 17.3. The van der Waals surface area contributed by atoms with Crippen LogP contribution in [0.15, 0.2) is 18.2 Å². The van der Waals surface area contributed by atoms with Gasteiger partial charge in [0, 0.05) is 13.1 Å². The molecule has 1 aliphatic rings. The summed E-state index contributed by atoms with van der Waals surface area (Å²) in [5.74, 6) is 0. The van der Waals surface area contributed by atoms with Crippen LogP contribution in [0, 0.1) is 6.07 Å². The predicted octanol–water partition coefficient (Wildman–Crippen LogP) is 1.43. The van der Waals surface area contributed by atoms with Crippen LogP contribution >= 0.6 is 0 Å². The zero-order valence-corrected chi connectivity index (χ0v) is 6.09. The highest BCUT2D eigenvalue weighted by atomic mass is 15.1. The fourth-order valence-electron chi connectivity index (χ4n) is 1.42. The summed E-state index contributed by atoms with van der Waals surface area (Å²) >= 11 is 0. The topological polar surface area (TPSA) is 3.24 Å². The number of fused-ring (bicyclic) bond motifs is 1. The van der Waals surface area contributed by atoms with E-state index in [9.17, 15) is 0 Å². The highest BCUT2D eigenvalue weighted by molar-refractivity contribution is 5.28. The summed E-state index contributed by atoms with van der Waals surface area (Å²) < 4.78 is 0. The minimum Gasteiger partial charge on any atom is -0.298 e. The van der Waals surface area contributed by atoms with Gasteiger partial charge in [-0.25, -0.2) is 0 Å². The Morgan fingerprint density at radius 1 is 1.50 bits per heavy atom. The number of benzene rings is 1. The molecule has 0 bridgehead atoms. The van der Waals surface area contributed by atoms with Gasteiger partial charge >= 0.3 is 0 Å². The van der Waals surface area contributed by atoms with Crippen molar-refractivity contribution in [3.05, 3.63) is 35.4 Å². The van der Waals surface area contributed by atoms with Gasteiger partial charge < -0.3 is 0 Å². The van der Waals surface area contributed by atoms with E-state index in [1.54, 1.807) is 0 Å². The number of nitrogens with zero attached hydrogens (tertiary/aromatic N) is 1. The van der Waals surface area contributed by atoms with Crippen molar-refractivity contribution in [2.45, 2.75) is 13.1 Å². The van der Waals surface area contributed by atoms with Crippen molar-refractivity contribution in [2.75, 3.05) is 7.05 Å². The summed E-state index contributed by atoms with van der Waals surface area (Å²) in [7, 11) is 2.13. The van der Waals surface area contributed by atoms with Crippen LogP contribution in [-0.2, 0) is 13.1 Å². The Morgan fingerprint density at radius 3 is 3.20 bits per heavy atom. The minimum absolute atomic E-state index is 1.07. The second kappa shape index (κ2) is 2.10. The van der Waals surface area contributed by atoms with Crippen LogP contribution in [-0.4, -0.2) is 11.9 Å². The fourth-order valence-corrected chi connectivity index (χ4v) is 1.42. The molecule has 51 valence electrons. The third-order valence-electron chi connectivity index (χ3n) is 1.91. The molecular formula is C9H10N. The zero-order chi connectivity index (χ0) is 6.97. The molecule has 1 aromatic carbocycles. The third-order valence-corrected chi connectivity index (χ3v) is 1.91. The summed E-state index contributed by atoms with van der Waals surface area (Å²) in [6.45, 7) is 2.16. The second-order valence-electron chi connectivity index (χ2n) is 2.85. The Bertz CT molecular complexity index is 217. The van der Waals surface area contributed by atoms with Crippen LogP contribution in [0.25, 0.3) is 0 Å². The van der Waals surface area contributed by atoms with E-state index < -0.39 is 0 Å². The van der Waals surface area contributed by atoms with Gasteiger partial charge in [-0.15, -0.1) is 0 Å². The number of hydrogen-bond acceptors (Lipinski definition) is 1. The van der Waals surface area contributed by atoms with Gasteiger partial charge in [-0.05, 0) is 24.2 Å². The molecule has 10 heavy (non-hydrogen) atoms. The van der Waals surface area contributed by atoms with Gasteiger partial charge in [-0.2, -0.15) is 0 Å². The van der Waals surface area contributed by atoms with Gasteiger partial charge in [-0.3, -0.25) is 4.90 Å². The van der Waals surface area contributed by atoms with Gasteiger partial charge in [0.05, 0.1) is 0 Å². The Kier molecular flexibility index (Phi) is 1.24. The van der Waals surface area contributed by atoms with Gasteiger partial charge in [-0.1, -0.05) is 18.2 Å². The van der Waals surface area contributed by atoms with Gasteiger partial charge in [0.25, 0.3) is 0 Å². The smallest absolute Gasteiger partial charge is 0.0243 e. The van der Waals surface area contributed by atoms with Crippen molar-refractivity contribution in [1.29, 1.82) is 0 Å². The Balaban J connectivity index is 2.42. The zero-order valence-electron chi connectivity index (χ0n) is 6.09. The number of hydrogen-bond donors (Lipinski definition) is 0. The first-order chi connectivity index (χ1) is 4.86. The van der Waals surface area contributed by atoms with Gasteiger partial charge in [0.1, 0.15) is 0 Å². The molecule has 1 nitrogen and oxygen atoms in total. The molecule has 0 spiro atoms. The first-order valence-electron chi connectivity index (χ1n) is 3.53. The Morgan fingerprint density at radius 2 is 2.40 bits per heavy atom. The average Bonchev–Trinajstić information content (AvgIpc) is 2.27. The lowest BCUT2D eigenvalue weighted by Gasteiger charge is -2.02. The quantitative estimate of drug-likeness (QED) is 0.516. The molecule has 0 aromatic heterocycles. The molecule has 0 atom stereocenters. The molecular weight excluding hydrogens is 122 g/mol.